The van der Waals surface area contributed by atoms with Crippen LogP contribution in [0.25, 0.3) is 0 Å². The summed E-state index contributed by atoms with van der Waals surface area (Å²) in [5.41, 5.74) is 3.03. The number of aromatic nitrogens is 1. The number of pyridine rings is 1. The minimum absolute atomic E-state index is 0.00981. The van der Waals surface area contributed by atoms with E-state index >= 15 is 0 Å². The van der Waals surface area contributed by atoms with Gasteiger partial charge in [-0.1, -0.05) is 18.2 Å². The molecule has 1 aromatic carbocycles. The maximum absolute atomic E-state index is 12.5. The summed E-state index contributed by atoms with van der Waals surface area (Å²) >= 11 is 0. The van der Waals surface area contributed by atoms with Crippen LogP contribution in [0.5, 0.6) is 0 Å². The smallest absolute Gasteiger partial charge is 0.322 e. The van der Waals surface area contributed by atoms with Gasteiger partial charge in [0.2, 0.25) is 5.91 Å². The number of hydrogen-bond acceptors (Lipinski definition) is 3. The highest BCUT2D eigenvalue weighted by Gasteiger charge is 2.24. The maximum atomic E-state index is 12.5. The average molecular weight is 352 g/mol. The van der Waals surface area contributed by atoms with Crippen LogP contribution in [-0.4, -0.2) is 41.0 Å². The molecule has 0 bridgehead atoms. The van der Waals surface area contributed by atoms with Crippen molar-refractivity contribution in [2.75, 3.05) is 18.4 Å². The first-order valence-electron chi connectivity index (χ1n) is 8.95. The van der Waals surface area contributed by atoms with E-state index in [1.807, 2.05) is 49.4 Å². The minimum Gasteiger partial charge on any atom is -0.354 e. The lowest BCUT2D eigenvalue weighted by molar-refractivity contribution is -0.120. The monoisotopic (exact) mass is 352 g/mol. The summed E-state index contributed by atoms with van der Waals surface area (Å²) in [5.74, 6) is -0.00981. The van der Waals surface area contributed by atoms with E-state index in [9.17, 15) is 9.59 Å². The zero-order valence-electron chi connectivity index (χ0n) is 14.9. The zero-order chi connectivity index (χ0) is 18.4. The predicted octanol–water partition coefficient (Wildman–Crippen LogP) is 2.61. The second-order valence-corrected chi connectivity index (χ2v) is 6.54. The average Bonchev–Trinajstić information content (AvgIpc) is 2.83. The Bertz CT molecular complexity index is 746. The third-order valence-corrected chi connectivity index (χ3v) is 4.57. The summed E-state index contributed by atoms with van der Waals surface area (Å²) < 4.78 is 0. The van der Waals surface area contributed by atoms with Crippen molar-refractivity contribution >= 4 is 17.6 Å². The molecule has 1 saturated heterocycles. The molecule has 26 heavy (non-hydrogen) atoms. The summed E-state index contributed by atoms with van der Waals surface area (Å²) in [6.45, 7) is 2.85. The normalized spacial score (nSPS) is 17.3. The highest BCUT2D eigenvalue weighted by molar-refractivity contribution is 5.90. The van der Waals surface area contributed by atoms with Crippen LogP contribution in [0.1, 0.15) is 24.6 Å². The van der Waals surface area contributed by atoms with Crippen molar-refractivity contribution in [3.05, 3.63) is 59.9 Å². The van der Waals surface area contributed by atoms with Crippen molar-refractivity contribution in [1.29, 1.82) is 0 Å². The Hall–Kier alpha value is -2.89. The van der Waals surface area contributed by atoms with Gasteiger partial charge < -0.3 is 15.5 Å². The zero-order valence-corrected chi connectivity index (χ0v) is 14.9. The molecule has 1 aliphatic heterocycles. The molecule has 0 spiro atoms. The summed E-state index contributed by atoms with van der Waals surface area (Å²) in [5, 5.41) is 5.73. The molecule has 2 aromatic rings. The van der Waals surface area contributed by atoms with Gasteiger partial charge in [-0.2, -0.15) is 0 Å². The molecule has 6 nitrogen and oxygen atoms in total. The minimum atomic E-state index is -0.171. The Morgan fingerprint density at radius 2 is 2.04 bits per heavy atom. The van der Waals surface area contributed by atoms with Gasteiger partial charge in [0.15, 0.2) is 0 Å². The molecule has 1 atom stereocenters. The molecule has 3 amide bonds. The quantitative estimate of drug-likeness (QED) is 0.888. The van der Waals surface area contributed by atoms with Crippen molar-refractivity contribution in [2.45, 2.75) is 32.2 Å². The predicted molar refractivity (Wildman–Crippen MR) is 101 cm³/mol. The van der Waals surface area contributed by atoms with E-state index in [0.717, 1.165) is 24.2 Å². The molecule has 136 valence electrons. The van der Waals surface area contributed by atoms with Crippen LogP contribution in [-0.2, 0) is 17.6 Å². The van der Waals surface area contributed by atoms with Gasteiger partial charge in [0.1, 0.15) is 0 Å². The van der Waals surface area contributed by atoms with Crippen molar-refractivity contribution in [1.82, 2.24) is 15.2 Å². The lowest BCUT2D eigenvalue weighted by atomic mass is 10.1. The van der Waals surface area contributed by atoms with E-state index in [1.165, 1.54) is 5.56 Å². The molecular weight excluding hydrogens is 328 g/mol. The van der Waals surface area contributed by atoms with Crippen LogP contribution in [0.3, 0.4) is 0 Å². The third kappa shape index (κ3) is 4.81. The van der Waals surface area contributed by atoms with Gasteiger partial charge in [-0.3, -0.25) is 9.78 Å². The molecule has 1 fully saturated rings. The van der Waals surface area contributed by atoms with Crippen LogP contribution in [0, 0.1) is 0 Å². The Labute approximate surface area is 153 Å². The van der Waals surface area contributed by atoms with Gasteiger partial charge >= 0.3 is 6.03 Å². The van der Waals surface area contributed by atoms with Gasteiger partial charge in [0.25, 0.3) is 0 Å². The van der Waals surface area contributed by atoms with Gasteiger partial charge in [0.05, 0.1) is 0 Å². The third-order valence-electron chi connectivity index (χ3n) is 4.57. The molecule has 0 unspecified atom stereocenters. The first-order valence-corrected chi connectivity index (χ1v) is 8.95. The van der Waals surface area contributed by atoms with Gasteiger partial charge in [-0.15, -0.1) is 0 Å². The van der Waals surface area contributed by atoms with E-state index in [0.29, 0.717) is 19.5 Å². The van der Waals surface area contributed by atoms with Crippen LogP contribution < -0.4 is 10.6 Å². The maximum Gasteiger partial charge on any atom is 0.322 e. The number of carbonyl (C=O) groups excluding carboxylic acids is 2. The number of nitrogens with zero attached hydrogens (tertiary/aromatic N) is 2. The highest BCUT2D eigenvalue weighted by Crippen LogP contribution is 2.14. The van der Waals surface area contributed by atoms with E-state index in [2.05, 4.69) is 15.6 Å². The first kappa shape index (κ1) is 17.9. The van der Waals surface area contributed by atoms with E-state index in [-0.39, 0.29) is 18.0 Å². The van der Waals surface area contributed by atoms with Crippen LogP contribution >= 0.6 is 0 Å². The van der Waals surface area contributed by atoms with Gasteiger partial charge in [0, 0.05) is 43.1 Å². The highest BCUT2D eigenvalue weighted by atomic mass is 16.2. The number of rotatable bonds is 4. The number of aryl methyl sites for hydroxylation is 2. The number of anilines is 1. The number of urea groups is 1. The van der Waals surface area contributed by atoms with Crippen molar-refractivity contribution in [3.63, 3.8) is 0 Å². The number of nitrogens with one attached hydrogen (secondary N) is 2. The fourth-order valence-corrected chi connectivity index (χ4v) is 2.97. The SMILES string of the molecule is C[C@H]1CNC(=O)CCN1C(=O)Nc1ccc(CCc2ccccn2)cc1. The van der Waals surface area contributed by atoms with Crippen molar-refractivity contribution in [3.8, 4) is 0 Å². The van der Waals surface area contributed by atoms with Gasteiger partial charge in [-0.05, 0) is 49.6 Å². The Balaban J connectivity index is 1.55. The Kier molecular flexibility index (Phi) is 5.84. The number of benzene rings is 1. The molecule has 3 rings (SSSR count). The fraction of sp³-hybridized carbons (Fsp3) is 0.350. The number of amides is 3. The lowest BCUT2D eigenvalue weighted by Crippen LogP contribution is -2.44. The largest absolute Gasteiger partial charge is 0.354 e. The number of carbonyl (C=O) groups is 2. The molecule has 1 aromatic heterocycles. The van der Waals surface area contributed by atoms with Crippen LogP contribution in [0.15, 0.2) is 48.7 Å². The molecule has 0 radical (unpaired) electrons. The fourth-order valence-electron chi connectivity index (χ4n) is 2.97. The lowest BCUT2D eigenvalue weighted by Gasteiger charge is -2.26. The topological polar surface area (TPSA) is 74.3 Å². The molecule has 2 N–H and O–H groups in total. The first-order chi connectivity index (χ1) is 12.6. The Morgan fingerprint density at radius 3 is 2.77 bits per heavy atom. The second-order valence-electron chi connectivity index (χ2n) is 6.54. The summed E-state index contributed by atoms with van der Waals surface area (Å²) in [7, 11) is 0. The molecule has 2 heterocycles. The summed E-state index contributed by atoms with van der Waals surface area (Å²) in [6, 6.07) is 13.6. The Morgan fingerprint density at radius 1 is 1.23 bits per heavy atom. The molecule has 0 aliphatic carbocycles. The molecule has 6 heteroatoms. The second kappa shape index (κ2) is 8.47. The van der Waals surface area contributed by atoms with Crippen molar-refractivity contribution < 1.29 is 9.59 Å². The van der Waals surface area contributed by atoms with E-state index < -0.39 is 0 Å². The summed E-state index contributed by atoms with van der Waals surface area (Å²) in [6.07, 6.45) is 3.94. The van der Waals surface area contributed by atoms with Crippen LogP contribution in [0.4, 0.5) is 10.5 Å². The van der Waals surface area contributed by atoms with Crippen LogP contribution in [0.2, 0.25) is 0 Å². The van der Waals surface area contributed by atoms with E-state index in [1.54, 1.807) is 11.1 Å². The summed E-state index contributed by atoms with van der Waals surface area (Å²) in [4.78, 5) is 30.0. The van der Waals surface area contributed by atoms with Gasteiger partial charge in [-0.25, -0.2) is 4.79 Å². The standard InChI is InChI=1S/C20H24N4O2/c1-15-14-22-19(25)11-13-24(15)20(26)23-18-9-6-16(7-10-18)5-8-17-4-2-3-12-21-17/h2-4,6-7,9-10,12,15H,5,8,11,13-14H2,1H3,(H,22,25)(H,23,26)/t15-/m0/s1. The van der Waals surface area contributed by atoms with E-state index in [4.69, 9.17) is 0 Å². The van der Waals surface area contributed by atoms with Crippen molar-refractivity contribution in [2.24, 2.45) is 0 Å². The number of hydrogen-bond donors (Lipinski definition) is 2. The molecule has 0 saturated carbocycles. The molecule has 1 aliphatic rings. The molecular formula is C20H24N4O2.